The van der Waals surface area contributed by atoms with E-state index in [0.29, 0.717) is 11.4 Å². The molecular formula is C14H22N4O2. The lowest BCUT2D eigenvalue weighted by atomic mass is 10.1. The van der Waals surface area contributed by atoms with Crippen LogP contribution in [0.25, 0.3) is 0 Å². The van der Waals surface area contributed by atoms with Gasteiger partial charge in [-0.25, -0.2) is 4.79 Å². The molecule has 5 N–H and O–H groups in total. The Hall–Kier alpha value is -2.24. The first-order valence-corrected chi connectivity index (χ1v) is 6.48. The van der Waals surface area contributed by atoms with Gasteiger partial charge in [-0.15, -0.1) is 0 Å². The van der Waals surface area contributed by atoms with Gasteiger partial charge in [-0.2, -0.15) is 0 Å². The quantitative estimate of drug-likeness (QED) is 0.631. The summed E-state index contributed by atoms with van der Waals surface area (Å²) in [4.78, 5) is 23.1. The summed E-state index contributed by atoms with van der Waals surface area (Å²) in [6.07, 6.45) is 0.242. The van der Waals surface area contributed by atoms with Gasteiger partial charge in [0.1, 0.15) is 0 Å². The number of urea groups is 1. The van der Waals surface area contributed by atoms with Crippen molar-refractivity contribution in [3.8, 4) is 0 Å². The molecule has 0 unspecified atom stereocenters. The smallest absolute Gasteiger partial charge is 0.319 e. The maximum atomic E-state index is 11.6. The lowest BCUT2D eigenvalue weighted by Crippen LogP contribution is -2.42. The minimum atomic E-state index is -0.349. The minimum Gasteiger partial charge on any atom is -0.399 e. The van der Waals surface area contributed by atoms with Crippen molar-refractivity contribution in [2.45, 2.75) is 32.7 Å². The first kappa shape index (κ1) is 15.8. The Bertz CT molecular complexity index is 463. The Morgan fingerprint density at radius 3 is 2.30 bits per heavy atom. The number of rotatable bonds is 4. The fraction of sp³-hybridized carbons (Fsp3) is 0.429. The molecule has 6 heteroatoms. The van der Waals surface area contributed by atoms with Crippen molar-refractivity contribution < 1.29 is 9.59 Å². The van der Waals surface area contributed by atoms with Crippen LogP contribution in [0.1, 0.15) is 27.2 Å². The number of benzene rings is 1. The third-order valence-corrected chi connectivity index (χ3v) is 2.32. The molecule has 0 bridgehead atoms. The highest BCUT2D eigenvalue weighted by atomic mass is 16.2. The van der Waals surface area contributed by atoms with Crippen LogP contribution in [0.3, 0.4) is 0 Å². The molecule has 0 spiro atoms. The van der Waals surface area contributed by atoms with Gasteiger partial charge >= 0.3 is 6.03 Å². The van der Waals surface area contributed by atoms with Crippen LogP contribution in [0.4, 0.5) is 16.2 Å². The summed E-state index contributed by atoms with van der Waals surface area (Å²) in [6, 6.07) is 6.47. The van der Waals surface area contributed by atoms with Crippen molar-refractivity contribution in [3.63, 3.8) is 0 Å². The average molecular weight is 278 g/mol. The van der Waals surface area contributed by atoms with Crippen molar-refractivity contribution in [2.24, 2.45) is 0 Å². The van der Waals surface area contributed by atoms with E-state index in [0.717, 1.165) is 0 Å². The van der Waals surface area contributed by atoms with Gasteiger partial charge in [0.15, 0.2) is 0 Å². The number of amides is 3. The normalized spacial score (nSPS) is 10.8. The Labute approximate surface area is 119 Å². The van der Waals surface area contributed by atoms with E-state index in [4.69, 9.17) is 5.73 Å². The second-order valence-corrected chi connectivity index (χ2v) is 5.55. The third kappa shape index (κ3) is 6.63. The summed E-state index contributed by atoms with van der Waals surface area (Å²) in [7, 11) is 0. The maximum absolute atomic E-state index is 11.6. The van der Waals surface area contributed by atoms with Crippen LogP contribution in [0.15, 0.2) is 24.3 Å². The zero-order valence-electron chi connectivity index (χ0n) is 12.1. The number of nitrogens with one attached hydrogen (secondary N) is 3. The number of anilines is 2. The maximum Gasteiger partial charge on any atom is 0.319 e. The molecule has 1 aromatic rings. The Morgan fingerprint density at radius 1 is 1.15 bits per heavy atom. The van der Waals surface area contributed by atoms with Gasteiger partial charge < -0.3 is 21.7 Å². The van der Waals surface area contributed by atoms with Crippen LogP contribution < -0.4 is 21.7 Å². The van der Waals surface area contributed by atoms with Crippen LogP contribution >= 0.6 is 0 Å². The van der Waals surface area contributed by atoms with Crippen molar-refractivity contribution in [1.29, 1.82) is 0 Å². The van der Waals surface area contributed by atoms with Crippen LogP contribution in [0, 0.1) is 0 Å². The number of nitrogen functional groups attached to an aromatic ring is 1. The summed E-state index contributed by atoms with van der Waals surface area (Å²) in [6.45, 7) is 6.01. The van der Waals surface area contributed by atoms with Crippen LogP contribution in [0.5, 0.6) is 0 Å². The van der Waals surface area contributed by atoms with E-state index < -0.39 is 0 Å². The van der Waals surface area contributed by atoms with E-state index in [1.165, 1.54) is 0 Å². The van der Waals surface area contributed by atoms with Gasteiger partial charge in [0, 0.05) is 29.9 Å². The van der Waals surface area contributed by atoms with Crippen molar-refractivity contribution in [3.05, 3.63) is 24.3 Å². The number of nitrogens with two attached hydrogens (primary N) is 1. The summed E-state index contributed by atoms with van der Waals surface area (Å²) in [5.74, 6) is -0.0923. The fourth-order valence-electron chi connectivity index (χ4n) is 1.51. The molecule has 6 nitrogen and oxygen atoms in total. The minimum absolute atomic E-state index is 0.0923. The fourth-order valence-corrected chi connectivity index (χ4v) is 1.51. The third-order valence-electron chi connectivity index (χ3n) is 2.32. The highest BCUT2D eigenvalue weighted by molar-refractivity contribution is 5.89. The number of hydrogen-bond donors (Lipinski definition) is 4. The summed E-state index contributed by atoms with van der Waals surface area (Å²) >= 11 is 0. The Balaban J connectivity index is 2.27. The number of carbonyl (C=O) groups is 2. The lowest BCUT2D eigenvalue weighted by molar-refractivity contribution is -0.122. The zero-order chi connectivity index (χ0) is 15.2. The average Bonchev–Trinajstić information content (AvgIpc) is 2.29. The molecule has 1 aromatic carbocycles. The first-order chi connectivity index (χ1) is 9.26. The molecule has 0 heterocycles. The van der Waals surface area contributed by atoms with Crippen LogP contribution in [-0.2, 0) is 4.79 Å². The van der Waals surface area contributed by atoms with Crippen LogP contribution in [0.2, 0.25) is 0 Å². The topological polar surface area (TPSA) is 96.2 Å². The van der Waals surface area contributed by atoms with Crippen LogP contribution in [-0.4, -0.2) is 24.0 Å². The van der Waals surface area contributed by atoms with Crippen molar-refractivity contribution in [2.75, 3.05) is 17.6 Å². The Kier molecular flexibility index (Phi) is 5.37. The molecule has 0 aliphatic carbocycles. The highest BCUT2D eigenvalue weighted by Gasteiger charge is 2.13. The predicted octanol–water partition coefficient (Wildman–Crippen LogP) is 1.70. The molecule has 20 heavy (non-hydrogen) atoms. The molecule has 0 saturated carbocycles. The molecule has 110 valence electrons. The second-order valence-electron chi connectivity index (χ2n) is 5.55. The number of carbonyl (C=O) groups excluding carboxylic acids is 2. The van der Waals surface area contributed by atoms with E-state index in [1.54, 1.807) is 24.3 Å². The Morgan fingerprint density at radius 2 is 1.75 bits per heavy atom. The molecule has 0 aliphatic rings. The predicted molar refractivity (Wildman–Crippen MR) is 80.4 cm³/mol. The molecule has 3 amide bonds. The summed E-state index contributed by atoms with van der Waals surface area (Å²) < 4.78 is 0. The SMILES string of the molecule is CC(C)(C)NC(=O)CCNC(=O)Nc1ccc(N)cc1. The molecule has 0 radical (unpaired) electrons. The molecule has 0 saturated heterocycles. The van der Waals surface area contributed by atoms with E-state index in [1.807, 2.05) is 20.8 Å². The van der Waals surface area contributed by atoms with E-state index >= 15 is 0 Å². The monoisotopic (exact) mass is 278 g/mol. The molecule has 0 fully saturated rings. The van der Waals surface area contributed by atoms with Gasteiger partial charge in [0.05, 0.1) is 0 Å². The lowest BCUT2D eigenvalue weighted by Gasteiger charge is -2.20. The van der Waals surface area contributed by atoms with E-state index in [9.17, 15) is 9.59 Å². The summed E-state index contributed by atoms with van der Waals surface area (Å²) in [5, 5.41) is 8.10. The molecule has 0 aliphatic heterocycles. The molecule has 0 atom stereocenters. The molecule has 0 aromatic heterocycles. The summed E-state index contributed by atoms with van der Waals surface area (Å²) in [5.41, 5.74) is 6.57. The van der Waals surface area contributed by atoms with E-state index in [2.05, 4.69) is 16.0 Å². The first-order valence-electron chi connectivity index (χ1n) is 6.48. The second kappa shape index (κ2) is 6.79. The van der Waals surface area contributed by atoms with Gasteiger partial charge in [0.25, 0.3) is 0 Å². The number of hydrogen-bond acceptors (Lipinski definition) is 3. The molecule has 1 rings (SSSR count). The zero-order valence-corrected chi connectivity index (χ0v) is 12.1. The van der Waals surface area contributed by atoms with Gasteiger partial charge in [0.2, 0.25) is 5.91 Å². The van der Waals surface area contributed by atoms with Gasteiger partial charge in [-0.3, -0.25) is 4.79 Å². The highest BCUT2D eigenvalue weighted by Crippen LogP contribution is 2.09. The molecular weight excluding hydrogens is 256 g/mol. The van der Waals surface area contributed by atoms with Gasteiger partial charge in [-0.05, 0) is 45.0 Å². The standard InChI is InChI=1S/C14H22N4O2/c1-14(2,3)18-12(19)8-9-16-13(20)17-11-6-4-10(15)5-7-11/h4-7H,8-9,15H2,1-3H3,(H,18,19)(H2,16,17,20). The van der Waals surface area contributed by atoms with Crippen molar-refractivity contribution in [1.82, 2.24) is 10.6 Å². The van der Waals surface area contributed by atoms with Gasteiger partial charge in [-0.1, -0.05) is 0 Å². The van der Waals surface area contributed by atoms with Crippen molar-refractivity contribution >= 4 is 23.3 Å². The largest absolute Gasteiger partial charge is 0.399 e. The van der Waals surface area contributed by atoms with E-state index in [-0.39, 0.29) is 30.4 Å².